The maximum Gasteiger partial charge on any atom is 0.344 e. The van der Waals surface area contributed by atoms with Crippen LogP contribution in [-0.2, 0) is 28.6 Å². The zero-order valence-electron chi connectivity index (χ0n) is 11.6. The van der Waals surface area contributed by atoms with E-state index in [0.717, 1.165) is 0 Å². The van der Waals surface area contributed by atoms with E-state index in [0.29, 0.717) is 12.8 Å². The Labute approximate surface area is 117 Å². The van der Waals surface area contributed by atoms with Gasteiger partial charge in [0, 0.05) is 12.0 Å². The molecule has 6 nitrogen and oxygen atoms in total. The van der Waals surface area contributed by atoms with E-state index >= 15 is 0 Å². The van der Waals surface area contributed by atoms with Crippen molar-refractivity contribution in [1.82, 2.24) is 0 Å². The average molecular weight is 282 g/mol. The highest BCUT2D eigenvalue weighted by atomic mass is 16.6. The fourth-order valence-electron chi connectivity index (χ4n) is 2.64. The summed E-state index contributed by atoms with van der Waals surface area (Å²) in [6, 6.07) is 0. The van der Waals surface area contributed by atoms with Gasteiger partial charge in [0.05, 0.1) is 5.92 Å². The zero-order chi connectivity index (χ0) is 14.9. The van der Waals surface area contributed by atoms with E-state index in [2.05, 4.69) is 6.58 Å². The Morgan fingerprint density at radius 2 is 2.10 bits per heavy atom. The smallest absolute Gasteiger partial charge is 0.344 e. The van der Waals surface area contributed by atoms with Crippen LogP contribution in [0.2, 0.25) is 0 Å². The van der Waals surface area contributed by atoms with Gasteiger partial charge in [0.2, 0.25) is 0 Å². The normalized spacial score (nSPS) is 31.4. The van der Waals surface area contributed by atoms with Gasteiger partial charge in [0.25, 0.3) is 0 Å². The molecule has 0 aromatic carbocycles. The summed E-state index contributed by atoms with van der Waals surface area (Å²) in [5, 5.41) is 0. The zero-order valence-corrected chi connectivity index (χ0v) is 11.6. The lowest BCUT2D eigenvalue weighted by Crippen LogP contribution is -2.40. The second-order valence-electron chi connectivity index (χ2n) is 5.43. The van der Waals surface area contributed by atoms with Crippen molar-refractivity contribution >= 4 is 17.9 Å². The summed E-state index contributed by atoms with van der Waals surface area (Å²) in [5.41, 5.74) is 0.219. The molecule has 20 heavy (non-hydrogen) atoms. The molecule has 2 bridgehead atoms. The molecule has 2 aliphatic rings. The second-order valence-corrected chi connectivity index (χ2v) is 5.43. The third kappa shape index (κ3) is 3.00. The molecule has 4 unspecified atom stereocenters. The molecule has 0 aromatic rings. The third-order valence-corrected chi connectivity index (χ3v) is 3.64. The number of fused-ring (bicyclic) bond motifs is 2. The maximum absolute atomic E-state index is 11.7. The SMILES string of the molecule is C=C(C)C(=O)OCC(=O)OC1C(C)CC2CC1OC2=O. The highest BCUT2D eigenvalue weighted by Crippen LogP contribution is 2.39. The molecule has 2 fully saturated rings. The van der Waals surface area contributed by atoms with E-state index < -0.39 is 24.6 Å². The fourth-order valence-corrected chi connectivity index (χ4v) is 2.64. The van der Waals surface area contributed by atoms with Gasteiger partial charge in [-0.3, -0.25) is 4.79 Å². The Morgan fingerprint density at radius 1 is 1.40 bits per heavy atom. The number of carbonyl (C=O) groups is 3. The highest BCUT2D eigenvalue weighted by molar-refractivity contribution is 5.88. The van der Waals surface area contributed by atoms with Crippen LogP contribution in [0.15, 0.2) is 12.2 Å². The van der Waals surface area contributed by atoms with Gasteiger partial charge >= 0.3 is 17.9 Å². The Hall–Kier alpha value is -1.85. The standard InChI is InChI=1S/C14H18O6/c1-7(2)13(16)18-6-11(15)20-12-8(3)4-9-5-10(12)19-14(9)17/h8-10,12H,1,4-6H2,2-3H3. The monoisotopic (exact) mass is 282 g/mol. The Balaban J connectivity index is 1.86. The number of rotatable bonds is 4. The van der Waals surface area contributed by atoms with Crippen LogP contribution in [0, 0.1) is 11.8 Å². The molecular formula is C14H18O6. The van der Waals surface area contributed by atoms with E-state index in [9.17, 15) is 14.4 Å². The number of esters is 3. The van der Waals surface area contributed by atoms with Crippen LogP contribution >= 0.6 is 0 Å². The molecule has 0 N–H and O–H groups in total. The number of hydrogen-bond acceptors (Lipinski definition) is 6. The van der Waals surface area contributed by atoms with Gasteiger partial charge in [-0.25, -0.2) is 9.59 Å². The van der Waals surface area contributed by atoms with Crippen molar-refractivity contribution in [2.24, 2.45) is 11.8 Å². The minimum atomic E-state index is -0.641. The minimum Gasteiger partial charge on any atom is -0.458 e. The minimum absolute atomic E-state index is 0.0472. The maximum atomic E-state index is 11.7. The number of hydrogen-bond donors (Lipinski definition) is 0. The molecule has 1 saturated heterocycles. The van der Waals surface area contributed by atoms with Gasteiger partial charge in [-0.1, -0.05) is 13.5 Å². The molecule has 1 heterocycles. The van der Waals surface area contributed by atoms with E-state index in [1.165, 1.54) is 6.92 Å². The van der Waals surface area contributed by atoms with Crippen LogP contribution < -0.4 is 0 Å². The number of carbonyl (C=O) groups excluding carboxylic acids is 3. The van der Waals surface area contributed by atoms with E-state index in [1.807, 2.05) is 6.92 Å². The van der Waals surface area contributed by atoms with Crippen LogP contribution in [0.3, 0.4) is 0 Å². The van der Waals surface area contributed by atoms with Crippen LogP contribution in [-0.4, -0.2) is 36.7 Å². The third-order valence-electron chi connectivity index (χ3n) is 3.64. The molecule has 1 saturated carbocycles. The van der Waals surface area contributed by atoms with Gasteiger partial charge in [0.1, 0.15) is 12.2 Å². The molecule has 0 spiro atoms. The van der Waals surface area contributed by atoms with Gasteiger partial charge < -0.3 is 14.2 Å². The van der Waals surface area contributed by atoms with Crippen LogP contribution in [0.5, 0.6) is 0 Å². The van der Waals surface area contributed by atoms with Gasteiger partial charge in [0.15, 0.2) is 6.61 Å². The van der Waals surface area contributed by atoms with Gasteiger partial charge in [-0.2, -0.15) is 0 Å². The predicted molar refractivity (Wildman–Crippen MR) is 67.4 cm³/mol. The Bertz CT molecular complexity index is 455. The molecule has 110 valence electrons. The van der Waals surface area contributed by atoms with E-state index in [1.54, 1.807) is 0 Å². The van der Waals surface area contributed by atoms with Crippen molar-refractivity contribution < 1.29 is 28.6 Å². The summed E-state index contributed by atoms with van der Waals surface area (Å²) in [5.74, 6) is -1.52. The molecule has 2 rings (SSSR count). The lowest BCUT2D eigenvalue weighted by Gasteiger charge is -2.31. The van der Waals surface area contributed by atoms with Crippen LogP contribution in [0.25, 0.3) is 0 Å². The first-order valence-corrected chi connectivity index (χ1v) is 6.61. The highest BCUT2D eigenvalue weighted by Gasteiger charge is 2.48. The first-order valence-electron chi connectivity index (χ1n) is 6.61. The van der Waals surface area contributed by atoms with E-state index in [-0.39, 0.29) is 29.5 Å². The summed E-state index contributed by atoms with van der Waals surface area (Å²) in [6.07, 6.45) is 0.400. The molecule has 4 atom stereocenters. The van der Waals surface area contributed by atoms with Crippen molar-refractivity contribution in [3.63, 3.8) is 0 Å². The summed E-state index contributed by atoms with van der Waals surface area (Å²) < 4.78 is 15.2. The Morgan fingerprint density at radius 3 is 2.75 bits per heavy atom. The summed E-state index contributed by atoms with van der Waals surface area (Å²) in [6.45, 7) is 6.37. The van der Waals surface area contributed by atoms with Gasteiger partial charge in [-0.15, -0.1) is 0 Å². The molecular weight excluding hydrogens is 264 g/mol. The second kappa shape index (κ2) is 5.64. The fraction of sp³-hybridized carbons (Fsp3) is 0.643. The largest absolute Gasteiger partial charge is 0.458 e. The van der Waals surface area contributed by atoms with Crippen molar-refractivity contribution in [1.29, 1.82) is 0 Å². The lowest BCUT2D eigenvalue weighted by atomic mass is 9.81. The number of ether oxygens (including phenoxy) is 3. The molecule has 6 heteroatoms. The molecule has 0 aromatic heterocycles. The van der Waals surface area contributed by atoms with Crippen LogP contribution in [0.1, 0.15) is 26.7 Å². The topological polar surface area (TPSA) is 78.9 Å². The first kappa shape index (κ1) is 14.6. The van der Waals surface area contributed by atoms with Gasteiger partial charge in [-0.05, 0) is 19.3 Å². The average Bonchev–Trinajstić information content (AvgIpc) is 2.68. The quantitative estimate of drug-likeness (QED) is 0.434. The molecule has 1 aliphatic carbocycles. The predicted octanol–water partition coefficient (Wildman–Crippen LogP) is 0.989. The lowest BCUT2D eigenvalue weighted by molar-refractivity contribution is -0.170. The summed E-state index contributed by atoms with van der Waals surface area (Å²) >= 11 is 0. The molecule has 1 aliphatic heterocycles. The first-order chi connectivity index (χ1) is 9.38. The van der Waals surface area contributed by atoms with Crippen LogP contribution in [0.4, 0.5) is 0 Å². The van der Waals surface area contributed by atoms with Crippen molar-refractivity contribution in [2.75, 3.05) is 6.61 Å². The van der Waals surface area contributed by atoms with Crippen molar-refractivity contribution in [3.05, 3.63) is 12.2 Å². The van der Waals surface area contributed by atoms with E-state index in [4.69, 9.17) is 14.2 Å². The molecule has 0 radical (unpaired) electrons. The van der Waals surface area contributed by atoms with Crippen molar-refractivity contribution in [3.8, 4) is 0 Å². The van der Waals surface area contributed by atoms with Crippen molar-refractivity contribution in [2.45, 2.75) is 38.9 Å². The Kier molecular flexibility index (Phi) is 4.11. The molecule has 0 amide bonds. The summed E-state index contributed by atoms with van der Waals surface area (Å²) in [4.78, 5) is 34.3. The summed E-state index contributed by atoms with van der Waals surface area (Å²) in [7, 11) is 0.